The van der Waals surface area contributed by atoms with E-state index in [9.17, 15) is 0 Å². The van der Waals surface area contributed by atoms with Gasteiger partial charge in [0.15, 0.2) is 0 Å². The largest absolute Gasteiger partial charge is 0.379 e. The maximum atomic E-state index is 5.30. The van der Waals surface area contributed by atoms with Gasteiger partial charge in [0.25, 0.3) is 0 Å². The second-order valence-corrected chi connectivity index (χ2v) is 2.81. The monoisotopic (exact) mass is 177 g/mol. The third-order valence-electron chi connectivity index (χ3n) is 1.68. The van der Waals surface area contributed by atoms with E-state index in [1.807, 2.05) is 0 Å². The van der Waals surface area contributed by atoms with Gasteiger partial charge in [0.05, 0.1) is 13.2 Å². The first-order valence-corrected chi connectivity index (χ1v) is 4.89. The van der Waals surface area contributed by atoms with Crippen LogP contribution in [0.2, 0.25) is 0 Å². The number of thiol groups is 1. The lowest BCUT2D eigenvalue weighted by Crippen LogP contribution is -2.27. The molecule has 3 heteroatoms. The fourth-order valence-corrected chi connectivity index (χ4v) is 1.03. The van der Waals surface area contributed by atoms with Crippen molar-refractivity contribution < 1.29 is 4.74 Å². The molecule has 0 saturated carbocycles. The maximum Gasteiger partial charge on any atom is 0.0593 e. The van der Waals surface area contributed by atoms with Gasteiger partial charge in [0.1, 0.15) is 0 Å². The molecule has 0 rings (SSSR count). The van der Waals surface area contributed by atoms with Crippen molar-refractivity contribution in [3.05, 3.63) is 0 Å². The van der Waals surface area contributed by atoms with Crippen LogP contribution in [0.15, 0.2) is 0 Å². The molecule has 0 amide bonds. The fraction of sp³-hybridized carbons (Fsp3) is 1.00. The van der Waals surface area contributed by atoms with Crippen molar-refractivity contribution in [1.82, 2.24) is 4.90 Å². The minimum absolute atomic E-state index is 0.768. The number of nitrogens with zero attached hydrogens (tertiary/aromatic N) is 1. The minimum atomic E-state index is 0.768. The topological polar surface area (TPSA) is 12.5 Å². The van der Waals surface area contributed by atoms with Crippen LogP contribution in [0.25, 0.3) is 0 Å². The highest BCUT2D eigenvalue weighted by Crippen LogP contribution is 1.87. The predicted octanol–water partition coefficient (Wildman–Crippen LogP) is 1.27. The zero-order valence-electron chi connectivity index (χ0n) is 7.55. The van der Waals surface area contributed by atoms with Crippen LogP contribution in [0.1, 0.15) is 13.8 Å². The van der Waals surface area contributed by atoms with E-state index in [0.29, 0.717) is 0 Å². The third kappa shape index (κ3) is 6.66. The van der Waals surface area contributed by atoms with E-state index < -0.39 is 0 Å². The average molecular weight is 177 g/mol. The summed E-state index contributed by atoms with van der Waals surface area (Å²) >= 11 is 4.05. The van der Waals surface area contributed by atoms with Crippen molar-refractivity contribution >= 4 is 12.6 Å². The van der Waals surface area contributed by atoms with Crippen LogP contribution in [0, 0.1) is 0 Å². The van der Waals surface area contributed by atoms with Gasteiger partial charge in [-0.1, -0.05) is 13.8 Å². The molecule has 0 heterocycles. The summed E-state index contributed by atoms with van der Waals surface area (Å²) in [6.45, 7) is 9.21. The molecule has 0 aliphatic heterocycles. The Morgan fingerprint density at radius 3 is 2.27 bits per heavy atom. The van der Waals surface area contributed by atoms with E-state index in [1.165, 1.54) is 0 Å². The lowest BCUT2D eigenvalue weighted by atomic mass is 10.5. The Bertz CT molecular complexity index is 76.5. The predicted molar refractivity (Wildman–Crippen MR) is 52.5 cm³/mol. The second-order valence-electron chi connectivity index (χ2n) is 2.36. The zero-order chi connectivity index (χ0) is 8.53. The van der Waals surface area contributed by atoms with Crippen LogP contribution in [0.3, 0.4) is 0 Å². The summed E-state index contributed by atoms with van der Waals surface area (Å²) in [7, 11) is 0. The number of ether oxygens (including phenoxy) is 1. The molecule has 0 aromatic carbocycles. The molecule has 0 aliphatic carbocycles. The Morgan fingerprint density at radius 2 is 1.82 bits per heavy atom. The standard InChI is InChI=1S/C8H19NOS/c1-3-9(4-2)5-6-10-7-8-11/h11H,3-8H2,1-2H3. The molecule has 2 nitrogen and oxygen atoms in total. The molecule has 0 bridgehead atoms. The molecule has 0 aromatic heterocycles. The van der Waals surface area contributed by atoms with E-state index in [4.69, 9.17) is 4.74 Å². The van der Waals surface area contributed by atoms with Gasteiger partial charge in [-0.3, -0.25) is 0 Å². The summed E-state index contributed by atoms with van der Waals surface area (Å²) < 4.78 is 5.30. The molecule has 0 spiro atoms. The first-order valence-electron chi connectivity index (χ1n) is 4.26. The molecule has 0 fully saturated rings. The van der Waals surface area contributed by atoms with Crippen LogP contribution < -0.4 is 0 Å². The van der Waals surface area contributed by atoms with Gasteiger partial charge >= 0.3 is 0 Å². The van der Waals surface area contributed by atoms with Gasteiger partial charge in [0, 0.05) is 12.3 Å². The number of likely N-dealkylation sites (N-methyl/N-ethyl adjacent to an activating group) is 1. The Labute approximate surface area is 75.3 Å². The molecular weight excluding hydrogens is 158 g/mol. The highest BCUT2D eigenvalue weighted by Gasteiger charge is 1.96. The van der Waals surface area contributed by atoms with E-state index in [0.717, 1.165) is 38.6 Å². The van der Waals surface area contributed by atoms with Gasteiger partial charge in [-0.25, -0.2) is 0 Å². The molecule has 0 aromatic rings. The SMILES string of the molecule is CCN(CC)CCOCCS. The summed E-state index contributed by atoms with van der Waals surface area (Å²) in [4.78, 5) is 2.35. The number of hydrogen-bond donors (Lipinski definition) is 1. The first kappa shape index (κ1) is 11.3. The van der Waals surface area contributed by atoms with Crippen molar-refractivity contribution in [2.24, 2.45) is 0 Å². The quantitative estimate of drug-likeness (QED) is 0.464. The van der Waals surface area contributed by atoms with Crippen molar-refractivity contribution in [3.63, 3.8) is 0 Å². The molecule has 0 N–H and O–H groups in total. The summed E-state index contributed by atoms with van der Waals surface area (Å²) in [5.74, 6) is 0.818. The van der Waals surface area contributed by atoms with E-state index >= 15 is 0 Å². The lowest BCUT2D eigenvalue weighted by Gasteiger charge is -2.17. The molecule has 0 radical (unpaired) electrons. The fourth-order valence-electron chi connectivity index (χ4n) is 0.900. The molecule has 0 saturated heterocycles. The van der Waals surface area contributed by atoms with Gasteiger partial charge < -0.3 is 9.64 Å². The molecule has 11 heavy (non-hydrogen) atoms. The van der Waals surface area contributed by atoms with Crippen LogP contribution in [-0.2, 0) is 4.74 Å². The molecule has 68 valence electrons. The molecule has 0 atom stereocenters. The summed E-state index contributed by atoms with van der Waals surface area (Å²) in [6.07, 6.45) is 0. The highest BCUT2D eigenvalue weighted by atomic mass is 32.1. The van der Waals surface area contributed by atoms with Gasteiger partial charge in [-0.15, -0.1) is 0 Å². The minimum Gasteiger partial charge on any atom is -0.379 e. The Kier molecular flexibility index (Phi) is 8.57. The smallest absolute Gasteiger partial charge is 0.0593 e. The molecular formula is C8H19NOS. The average Bonchev–Trinajstić information content (AvgIpc) is 2.05. The summed E-state index contributed by atoms with van der Waals surface area (Å²) in [5.41, 5.74) is 0. The number of hydrogen-bond acceptors (Lipinski definition) is 3. The van der Waals surface area contributed by atoms with Gasteiger partial charge in [-0.05, 0) is 13.1 Å². The number of rotatable bonds is 7. The van der Waals surface area contributed by atoms with Crippen LogP contribution in [0.5, 0.6) is 0 Å². The van der Waals surface area contributed by atoms with Crippen LogP contribution >= 0.6 is 12.6 Å². The first-order chi connectivity index (χ1) is 5.35. The lowest BCUT2D eigenvalue weighted by molar-refractivity contribution is 0.119. The normalized spacial score (nSPS) is 10.9. The highest BCUT2D eigenvalue weighted by molar-refractivity contribution is 7.80. The maximum absolute atomic E-state index is 5.30. The van der Waals surface area contributed by atoms with Crippen LogP contribution in [0.4, 0.5) is 0 Å². The van der Waals surface area contributed by atoms with Crippen molar-refractivity contribution in [3.8, 4) is 0 Å². The second kappa shape index (κ2) is 8.37. The van der Waals surface area contributed by atoms with E-state index in [2.05, 4.69) is 31.4 Å². The Balaban J connectivity index is 3.07. The van der Waals surface area contributed by atoms with Gasteiger partial charge in [0.2, 0.25) is 0 Å². The molecule has 0 aliphatic rings. The van der Waals surface area contributed by atoms with Crippen molar-refractivity contribution in [2.45, 2.75) is 13.8 Å². The van der Waals surface area contributed by atoms with E-state index in [-0.39, 0.29) is 0 Å². The zero-order valence-corrected chi connectivity index (χ0v) is 8.44. The third-order valence-corrected chi connectivity index (χ3v) is 1.86. The summed E-state index contributed by atoms with van der Waals surface area (Å²) in [6, 6.07) is 0. The van der Waals surface area contributed by atoms with Crippen molar-refractivity contribution in [1.29, 1.82) is 0 Å². The van der Waals surface area contributed by atoms with Crippen molar-refractivity contribution in [2.75, 3.05) is 38.6 Å². The summed E-state index contributed by atoms with van der Waals surface area (Å²) in [5, 5.41) is 0. The Hall–Kier alpha value is 0.270. The van der Waals surface area contributed by atoms with E-state index in [1.54, 1.807) is 0 Å². The van der Waals surface area contributed by atoms with Crippen LogP contribution in [-0.4, -0.2) is 43.5 Å². The van der Waals surface area contributed by atoms with Gasteiger partial charge in [-0.2, -0.15) is 12.6 Å². The Morgan fingerprint density at radius 1 is 1.18 bits per heavy atom. The molecule has 0 unspecified atom stereocenters.